The van der Waals surface area contributed by atoms with E-state index in [-0.39, 0.29) is 17.8 Å². The summed E-state index contributed by atoms with van der Waals surface area (Å²) in [4.78, 5) is 22.9. The Kier molecular flexibility index (Phi) is 4.61. The molecule has 9 nitrogen and oxygen atoms in total. The smallest absolute Gasteiger partial charge is 0.413 e. The fourth-order valence-electron chi connectivity index (χ4n) is 3.81. The van der Waals surface area contributed by atoms with E-state index in [4.69, 9.17) is 9.47 Å². The van der Waals surface area contributed by atoms with Crippen LogP contribution in [0.4, 0.5) is 15.0 Å². The van der Waals surface area contributed by atoms with Crippen LogP contribution in [0.1, 0.15) is 37.3 Å². The van der Waals surface area contributed by atoms with Gasteiger partial charge >= 0.3 is 6.09 Å². The van der Waals surface area contributed by atoms with E-state index in [1.807, 2.05) is 6.07 Å². The van der Waals surface area contributed by atoms with Crippen LogP contribution in [0.15, 0.2) is 30.7 Å². The first-order valence-electron chi connectivity index (χ1n) is 9.91. The summed E-state index contributed by atoms with van der Waals surface area (Å²) < 4.78 is 26.2. The van der Waals surface area contributed by atoms with Crippen molar-refractivity contribution in [1.29, 1.82) is 0 Å². The molecule has 0 bridgehead atoms. The first kappa shape index (κ1) is 18.6. The number of anilines is 1. The molecule has 0 spiro atoms. The van der Waals surface area contributed by atoms with Crippen LogP contribution in [0.3, 0.4) is 0 Å². The van der Waals surface area contributed by atoms with Crippen molar-refractivity contribution >= 4 is 17.6 Å². The summed E-state index contributed by atoms with van der Waals surface area (Å²) >= 11 is 0. The number of hydrogen-bond donors (Lipinski definition) is 1. The maximum atomic E-state index is 13.9. The van der Waals surface area contributed by atoms with Gasteiger partial charge in [0, 0.05) is 24.3 Å². The molecule has 1 saturated carbocycles. The molecule has 1 amide bonds. The van der Waals surface area contributed by atoms with Crippen molar-refractivity contribution in [3.8, 4) is 11.6 Å². The van der Waals surface area contributed by atoms with Gasteiger partial charge in [0.15, 0.2) is 5.75 Å². The maximum absolute atomic E-state index is 13.9. The zero-order valence-electron chi connectivity index (χ0n) is 16.4. The van der Waals surface area contributed by atoms with Gasteiger partial charge in [-0.15, -0.1) is 0 Å². The number of nitrogens with one attached hydrogen (secondary N) is 1. The zero-order chi connectivity index (χ0) is 20.7. The van der Waals surface area contributed by atoms with Gasteiger partial charge in [-0.05, 0) is 37.8 Å². The molecule has 4 heterocycles. The standard InChI is InChI=1S/C20H21FN6O3/c1-29-19-14(9-12(21)10-22-19)15-3-2-7-26(15)17-6-8-27-18(25-17)16(11-23-27)30-20(28)24-13-4-5-13/h6,8-11,13,15H,2-5,7H2,1H3,(H,24,28)/t15-/m1/s1. The summed E-state index contributed by atoms with van der Waals surface area (Å²) in [6.07, 6.45) is 7.56. The first-order chi connectivity index (χ1) is 14.6. The Bertz CT molecular complexity index is 1100. The molecule has 156 valence electrons. The van der Waals surface area contributed by atoms with Gasteiger partial charge in [-0.2, -0.15) is 5.10 Å². The predicted octanol–water partition coefficient (Wildman–Crippen LogP) is 2.86. The number of amides is 1. The molecule has 2 fully saturated rings. The largest absolute Gasteiger partial charge is 0.481 e. The number of halogens is 1. The second-order valence-electron chi connectivity index (χ2n) is 7.47. The fourth-order valence-corrected chi connectivity index (χ4v) is 3.81. The van der Waals surface area contributed by atoms with E-state index in [2.05, 4.69) is 25.3 Å². The lowest BCUT2D eigenvalue weighted by Crippen LogP contribution is -2.28. The highest BCUT2D eigenvalue weighted by atomic mass is 19.1. The van der Waals surface area contributed by atoms with E-state index in [1.54, 1.807) is 10.7 Å². The Labute approximate surface area is 171 Å². The van der Waals surface area contributed by atoms with Crippen LogP contribution in [0.25, 0.3) is 5.65 Å². The SMILES string of the molecule is COc1ncc(F)cc1[C@H]1CCCN1c1ccn2ncc(OC(=O)NC3CC3)c2n1. The van der Waals surface area contributed by atoms with Gasteiger partial charge in [0.2, 0.25) is 11.5 Å². The normalized spacial score (nSPS) is 18.6. The van der Waals surface area contributed by atoms with Crippen molar-refractivity contribution < 1.29 is 18.7 Å². The highest BCUT2D eigenvalue weighted by Gasteiger charge is 2.31. The second kappa shape index (κ2) is 7.43. The number of fused-ring (bicyclic) bond motifs is 1. The van der Waals surface area contributed by atoms with Crippen molar-refractivity contribution in [2.45, 2.75) is 37.8 Å². The van der Waals surface area contributed by atoms with E-state index in [0.29, 0.717) is 22.9 Å². The summed E-state index contributed by atoms with van der Waals surface area (Å²) in [6, 6.07) is 3.38. The first-order valence-corrected chi connectivity index (χ1v) is 9.91. The monoisotopic (exact) mass is 412 g/mol. The third-order valence-electron chi connectivity index (χ3n) is 5.37. The molecule has 5 rings (SSSR count). The van der Waals surface area contributed by atoms with Gasteiger partial charge in [0.1, 0.15) is 11.6 Å². The number of rotatable bonds is 5. The van der Waals surface area contributed by atoms with E-state index >= 15 is 0 Å². The molecule has 1 aliphatic carbocycles. The Morgan fingerprint density at radius 1 is 1.30 bits per heavy atom. The summed E-state index contributed by atoms with van der Waals surface area (Å²) in [7, 11) is 1.52. The van der Waals surface area contributed by atoms with Crippen LogP contribution < -0.4 is 19.7 Å². The minimum absolute atomic E-state index is 0.122. The number of pyridine rings is 1. The van der Waals surface area contributed by atoms with Crippen molar-refractivity contribution in [3.05, 3.63) is 42.1 Å². The average Bonchev–Trinajstić information content (AvgIpc) is 3.26. The quantitative estimate of drug-likeness (QED) is 0.689. The number of ether oxygens (including phenoxy) is 2. The molecule has 30 heavy (non-hydrogen) atoms. The Balaban J connectivity index is 1.45. The van der Waals surface area contributed by atoms with Crippen LogP contribution in [0, 0.1) is 5.82 Å². The van der Waals surface area contributed by atoms with E-state index in [1.165, 1.54) is 19.4 Å². The summed E-state index contributed by atoms with van der Waals surface area (Å²) in [5.41, 5.74) is 1.12. The van der Waals surface area contributed by atoms with Crippen LogP contribution in [-0.2, 0) is 0 Å². The highest BCUT2D eigenvalue weighted by molar-refractivity contribution is 5.74. The molecular weight excluding hydrogens is 391 g/mol. The minimum Gasteiger partial charge on any atom is -0.481 e. The molecule has 0 aromatic carbocycles. The Morgan fingerprint density at radius 3 is 2.97 bits per heavy atom. The summed E-state index contributed by atoms with van der Waals surface area (Å²) in [5, 5.41) is 6.98. The molecule has 1 N–H and O–H groups in total. The van der Waals surface area contributed by atoms with E-state index in [0.717, 1.165) is 38.4 Å². The lowest BCUT2D eigenvalue weighted by atomic mass is 10.1. The molecule has 0 unspecified atom stereocenters. The number of aromatic nitrogens is 4. The third-order valence-corrected chi connectivity index (χ3v) is 5.37. The summed E-state index contributed by atoms with van der Waals surface area (Å²) in [5.74, 6) is 0.966. The number of methoxy groups -OCH3 is 1. The van der Waals surface area contributed by atoms with E-state index < -0.39 is 11.9 Å². The maximum Gasteiger partial charge on any atom is 0.413 e. The van der Waals surface area contributed by atoms with Gasteiger partial charge in [0.25, 0.3) is 0 Å². The van der Waals surface area contributed by atoms with Gasteiger partial charge in [0.05, 0.1) is 25.5 Å². The van der Waals surface area contributed by atoms with E-state index in [9.17, 15) is 9.18 Å². The minimum atomic E-state index is -0.505. The molecule has 10 heteroatoms. The number of hydrogen-bond acceptors (Lipinski definition) is 7. The second-order valence-corrected chi connectivity index (χ2v) is 7.47. The Morgan fingerprint density at radius 2 is 2.17 bits per heavy atom. The van der Waals surface area contributed by atoms with Crippen molar-refractivity contribution in [3.63, 3.8) is 0 Å². The average molecular weight is 412 g/mol. The molecular formula is C20H21FN6O3. The highest BCUT2D eigenvalue weighted by Crippen LogP contribution is 2.39. The molecule has 3 aromatic rings. The van der Waals surface area contributed by atoms with Gasteiger partial charge < -0.3 is 19.7 Å². The Hall–Kier alpha value is -3.43. The van der Waals surface area contributed by atoms with Gasteiger partial charge in [-0.1, -0.05) is 0 Å². The fraction of sp³-hybridized carbons (Fsp3) is 0.400. The number of carbonyl (C=O) groups excluding carboxylic acids is 1. The van der Waals surface area contributed by atoms with Crippen LogP contribution in [0.2, 0.25) is 0 Å². The molecule has 2 aliphatic rings. The van der Waals surface area contributed by atoms with Crippen molar-refractivity contribution in [2.75, 3.05) is 18.6 Å². The molecule has 3 aromatic heterocycles. The van der Waals surface area contributed by atoms with Gasteiger partial charge in [-0.25, -0.2) is 23.7 Å². The molecule has 1 saturated heterocycles. The summed E-state index contributed by atoms with van der Waals surface area (Å²) in [6.45, 7) is 0.750. The number of nitrogens with zero attached hydrogens (tertiary/aromatic N) is 5. The van der Waals surface area contributed by atoms with Gasteiger partial charge in [-0.3, -0.25) is 0 Å². The lowest BCUT2D eigenvalue weighted by molar-refractivity contribution is 0.200. The lowest BCUT2D eigenvalue weighted by Gasteiger charge is -2.26. The predicted molar refractivity (Wildman–Crippen MR) is 105 cm³/mol. The third kappa shape index (κ3) is 3.49. The van der Waals surface area contributed by atoms with Crippen molar-refractivity contribution in [1.82, 2.24) is 24.9 Å². The number of carbonyl (C=O) groups is 1. The van der Waals surface area contributed by atoms with Crippen LogP contribution >= 0.6 is 0 Å². The van der Waals surface area contributed by atoms with Crippen LogP contribution in [0.5, 0.6) is 11.6 Å². The molecule has 0 radical (unpaired) electrons. The van der Waals surface area contributed by atoms with Crippen molar-refractivity contribution in [2.24, 2.45) is 0 Å². The molecule has 1 atom stereocenters. The molecule has 1 aliphatic heterocycles. The zero-order valence-corrected chi connectivity index (χ0v) is 16.4. The topological polar surface area (TPSA) is 93.9 Å². The van der Waals surface area contributed by atoms with Crippen LogP contribution in [-0.4, -0.2) is 45.4 Å².